The van der Waals surface area contributed by atoms with E-state index in [4.69, 9.17) is 11.6 Å². The van der Waals surface area contributed by atoms with Gasteiger partial charge in [0.1, 0.15) is 5.25 Å². The molecule has 2 aromatic carbocycles. The summed E-state index contributed by atoms with van der Waals surface area (Å²) in [6.07, 6.45) is 5.33. The normalized spacial score (nSPS) is 20.4. The van der Waals surface area contributed by atoms with E-state index in [1.54, 1.807) is 48.5 Å². The molecule has 1 atom stereocenters. The lowest BCUT2D eigenvalue weighted by Crippen LogP contribution is -2.42. The fraction of sp³-hybridized carbons (Fsp3) is 0.400. The summed E-state index contributed by atoms with van der Waals surface area (Å²) in [5.74, 6) is -0.593. The summed E-state index contributed by atoms with van der Waals surface area (Å²) >= 11 is 6.95. The van der Waals surface area contributed by atoms with Gasteiger partial charge in [0.2, 0.25) is 11.8 Å². The quantitative estimate of drug-likeness (QED) is 0.524. The van der Waals surface area contributed by atoms with Gasteiger partial charge in [-0.05, 0) is 61.2 Å². The van der Waals surface area contributed by atoms with Crippen LogP contribution in [0.2, 0.25) is 5.02 Å². The van der Waals surface area contributed by atoms with Crippen LogP contribution in [0, 0.1) is 0 Å². The second-order valence-electron chi connectivity index (χ2n) is 8.71. The van der Waals surface area contributed by atoms with Crippen LogP contribution in [0.4, 0.5) is 5.69 Å². The number of thioether (sulfide) groups is 1. The van der Waals surface area contributed by atoms with Gasteiger partial charge in [0, 0.05) is 23.2 Å². The average Bonchev–Trinajstić information content (AvgIpc) is 3.14. The van der Waals surface area contributed by atoms with Gasteiger partial charge in [0.05, 0.1) is 4.90 Å². The van der Waals surface area contributed by atoms with E-state index in [2.05, 4.69) is 9.71 Å². The molecule has 1 saturated carbocycles. The van der Waals surface area contributed by atoms with Crippen molar-refractivity contribution in [3.8, 4) is 0 Å². The van der Waals surface area contributed by atoms with Crippen molar-refractivity contribution in [1.29, 1.82) is 0 Å². The number of halogens is 1. The predicted molar refractivity (Wildman–Crippen MR) is 140 cm³/mol. The minimum atomic E-state index is -4.01. The van der Waals surface area contributed by atoms with Crippen molar-refractivity contribution in [2.24, 2.45) is 4.40 Å². The lowest BCUT2D eigenvalue weighted by atomic mass is 9.94. The Bertz CT molecular complexity index is 1210. The molecular formula is C25H28ClN3O4S2. The monoisotopic (exact) mass is 533 g/mol. The van der Waals surface area contributed by atoms with Gasteiger partial charge in [-0.3, -0.25) is 14.5 Å². The Morgan fingerprint density at radius 2 is 1.74 bits per heavy atom. The van der Waals surface area contributed by atoms with Gasteiger partial charge in [-0.2, -0.15) is 8.42 Å². The number of hydrogen-bond donors (Lipinski definition) is 1. The topological polar surface area (TPSA) is 95.9 Å². The number of carbonyl (C=O) groups is 2. The van der Waals surface area contributed by atoms with Crippen molar-refractivity contribution >= 4 is 56.1 Å². The highest BCUT2D eigenvalue weighted by Gasteiger charge is 2.43. The molecule has 2 aliphatic rings. The fourth-order valence-electron chi connectivity index (χ4n) is 4.32. The molecule has 1 saturated heterocycles. The number of nitrogens with zero attached hydrogens (tertiary/aromatic N) is 2. The molecule has 186 valence electrons. The lowest BCUT2D eigenvalue weighted by molar-refractivity contribution is -0.130. The number of hydrogen-bond acceptors (Lipinski definition) is 5. The highest BCUT2D eigenvalue weighted by molar-refractivity contribution is 8.16. The van der Waals surface area contributed by atoms with Crippen LogP contribution < -0.4 is 5.32 Å². The maximum atomic E-state index is 13.4. The zero-order valence-electron chi connectivity index (χ0n) is 19.4. The molecule has 1 aliphatic heterocycles. The fourth-order valence-corrected chi connectivity index (χ4v) is 6.85. The van der Waals surface area contributed by atoms with E-state index >= 15 is 0 Å². The molecule has 35 heavy (non-hydrogen) atoms. The van der Waals surface area contributed by atoms with Crippen LogP contribution in [0.1, 0.15) is 51.0 Å². The summed E-state index contributed by atoms with van der Waals surface area (Å²) in [6, 6.07) is 13.2. The number of sulfonamides is 1. The molecule has 0 spiro atoms. The summed E-state index contributed by atoms with van der Waals surface area (Å²) in [5, 5.41) is 2.75. The molecule has 4 rings (SSSR count). The first-order chi connectivity index (χ1) is 16.8. The second-order valence-corrected chi connectivity index (χ2v) is 11.9. The Labute approximate surface area is 215 Å². The third-order valence-electron chi connectivity index (χ3n) is 6.23. The first-order valence-electron chi connectivity index (χ1n) is 11.8. The highest BCUT2D eigenvalue weighted by Crippen LogP contribution is 2.36. The van der Waals surface area contributed by atoms with Crippen molar-refractivity contribution in [3.63, 3.8) is 0 Å². The number of amidine groups is 1. The number of rotatable bonds is 7. The molecule has 7 nitrogen and oxygen atoms in total. The van der Waals surface area contributed by atoms with Crippen LogP contribution in [-0.2, 0) is 26.0 Å². The van der Waals surface area contributed by atoms with Gasteiger partial charge >= 0.3 is 0 Å². The summed E-state index contributed by atoms with van der Waals surface area (Å²) in [4.78, 5) is 27.7. The van der Waals surface area contributed by atoms with E-state index in [0.717, 1.165) is 55.9 Å². The lowest BCUT2D eigenvalue weighted by Gasteiger charge is -2.30. The van der Waals surface area contributed by atoms with E-state index in [-0.39, 0.29) is 34.3 Å². The van der Waals surface area contributed by atoms with Gasteiger partial charge < -0.3 is 5.32 Å². The average molecular weight is 534 g/mol. The van der Waals surface area contributed by atoms with Gasteiger partial charge in [-0.25, -0.2) is 0 Å². The molecule has 0 aromatic heterocycles. The van der Waals surface area contributed by atoms with Crippen molar-refractivity contribution in [2.75, 3.05) is 5.32 Å². The number of nitrogens with one attached hydrogen (secondary N) is 1. The summed E-state index contributed by atoms with van der Waals surface area (Å²) in [6.45, 7) is 2.00. The van der Waals surface area contributed by atoms with Crippen LogP contribution >= 0.6 is 23.4 Å². The Morgan fingerprint density at radius 1 is 1.09 bits per heavy atom. The third-order valence-corrected chi connectivity index (χ3v) is 9.03. The summed E-state index contributed by atoms with van der Waals surface area (Å²) in [7, 11) is -4.01. The van der Waals surface area contributed by atoms with Crippen LogP contribution in [0.25, 0.3) is 0 Å². The number of anilines is 1. The third kappa shape index (κ3) is 6.26. The largest absolute Gasteiger partial charge is 0.326 e. The Balaban J connectivity index is 1.57. The Kier molecular flexibility index (Phi) is 8.19. The highest BCUT2D eigenvalue weighted by atomic mass is 35.5. The Morgan fingerprint density at radius 3 is 2.37 bits per heavy atom. The van der Waals surface area contributed by atoms with E-state index in [1.807, 2.05) is 6.92 Å². The van der Waals surface area contributed by atoms with Crippen molar-refractivity contribution in [2.45, 2.75) is 68.1 Å². The van der Waals surface area contributed by atoms with Crippen LogP contribution in [0.5, 0.6) is 0 Å². The number of carbonyl (C=O) groups excluding carboxylic acids is 2. The smallest absolute Gasteiger partial charge is 0.284 e. The maximum Gasteiger partial charge on any atom is 0.284 e. The molecule has 0 bridgehead atoms. The summed E-state index contributed by atoms with van der Waals surface area (Å²) in [5.41, 5.74) is 1.60. The van der Waals surface area contributed by atoms with Crippen LogP contribution in [0.3, 0.4) is 0 Å². The molecule has 2 fully saturated rings. The molecular weight excluding hydrogens is 506 g/mol. The molecule has 1 heterocycles. The second kappa shape index (κ2) is 11.1. The van der Waals surface area contributed by atoms with Gasteiger partial charge in [0.15, 0.2) is 5.17 Å². The van der Waals surface area contributed by atoms with Crippen LogP contribution in [0.15, 0.2) is 57.8 Å². The van der Waals surface area contributed by atoms with Gasteiger partial charge in [0.25, 0.3) is 10.0 Å². The zero-order chi connectivity index (χ0) is 25.0. The Hall–Kier alpha value is -2.36. The van der Waals surface area contributed by atoms with E-state index < -0.39 is 15.3 Å². The van der Waals surface area contributed by atoms with E-state index in [0.29, 0.717) is 10.7 Å². The zero-order valence-corrected chi connectivity index (χ0v) is 21.8. The number of aryl methyl sites for hydroxylation is 1. The van der Waals surface area contributed by atoms with E-state index in [1.165, 1.54) is 4.90 Å². The molecule has 0 radical (unpaired) electrons. The molecule has 10 heteroatoms. The first kappa shape index (κ1) is 25.7. The molecule has 2 amide bonds. The molecule has 1 N–H and O–H groups in total. The number of amides is 2. The predicted octanol–water partition coefficient (Wildman–Crippen LogP) is 5.25. The molecule has 1 aliphatic carbocycles. The standard InChI is InChI=1S/C25H28ClN3O4S2/c1-2-17-8-14-21(15-9-17)35(32,33)28-25-29(20-6-4-3-5-7-20)24(31)22(34-25)16-23(30)27-19-12-10-18(26)11-13-19/h8-15,20,22H,2-7,16H2,1H3,(H,27,30)/t22-/m0/s1. The van der Waals surface area contributed by atoms with Crippen molar-refractivity contribution in [3.05, 3.63) is 59.1 Å². The molecule has 2 aromatic rings. The first-order valence-corrected chi connectivity index (χ1v) is 14.5. The van der Waals surface area contributed by atoms with Crippen LogP contribution in [-0.4, -0.2) is 41.6 Å². The minimum Gasteiger partial charge on any atom is -0.326 e. The van der Waals surface area contributed by atoms with Gasteiger partial charge in [-0.15, -0.1) is 4.40 Å². The van der Waals surface area contributed by atoms with Crippen molar-refractivity contribution < 1.29 is 18.0 Å². The SMILES string of the molecule is CCc1ccc(S(=O)(=O)N=C2S[C@@H](CC(=O)Nc3ccc(Cl)cc3)C(=O)N2C2CCCCC2)cc1. The maximum absolute atomic E-state index is 13.4. The van der Waals surface area contributed by atoms with Gasteiger partial charge in [-0.1, -0.05) is 61.7 Å². The summed E-state index contributed by atoms with van der Waals surface area (Å²) < 4.78 is 30.3. The minimum absolute atomic E-state index is 0.0837. The molecule has 0 unspecified atom stereocenters. The number of benzene rings is 2. The van der Waals surface area contributed by atoms with Crippen molar-refractivity contribution in [1.82, 2.24) is 4.90 Å². The van der Waals surface area contributed by atoms with E-state index in [9.17, 15) is 18.0 Å².